The molecule has 1 aromatic heterocycles. The second-order valence-corrected chi connectivity index (χ2v) is 7.15. The van der Waals surface area contributed by atoms with Gasteiger partial charge in [-0.25, -0.2) is 0 Å². The van der Waals surface area contributed by atoms with E-state index in [0.29, 0.717) is 22.7 Å². The molecule has 0 radical (unpaired) electrons. The van der Waals surface area contributed by atoms with Gasteiger partial charge in [0.25, 0.3) is 0 Å². The Morgan fingerprint density at radius 2 is 1.76 bits per heavy atom. The number of benzene rings is 3. The standard InChI is InChI=1S/C25H16ClN3/c26-23-10-8-18(9-11-23)16-29-17-22(24-6-1-2-7-25(24)29)13-21(15-28)20-5-3-4-19(12-20)14-27/h1-13,17H,16H2. The predicted octanol–water partition coefficient (Wildman–Crippen LogP) is 6.28. The van der Waals surface area contributed by atoms with Gasteiger partial charge in [0.2, 0.25) is 0 Å². The van der Waals surface area contributed by atoms with Crippen LogP contribution in [-0.4, -0.2) is 4.57 Å². The van der Waals surface area contributed by atoms with E-state index in [1.54, 1.807) is 18.2 Å². The molecular weight excluding hydrogens is 378 g/mol. The van der Waals surface area contributed by atoms with Gasteiger partial charge in [-0.15, -0.1) is 0 Å². The lowest BCUT2D eigenvalue weighted by Gasteiger charge is -2.05. The van der Waals surface area contributed by atoms with E-state index in [-0.39, 0.29) is 0 Å². The van der Waals surface area contributed by atoms with Gasteiger partial charge in [-0.2, -0.15) is 10.5 Å². The number of nitrogens with zero attached hydrogens (tertiary/aromatic N) is 3. The number of fused-ring (bicyclic) bond motifs is 1. The minimum Gasteiger partial charge on any atom is -0.342 e. The number of hydrogen-bond donors (Lipinski definition) is 0. The fourth-order valence-corrected chi connectivity index (χ4v) is 3.53. The largest absolute Gasteiger partial charge is 0.342 e. The first-order chi connectivity index (χ1) is 14.2. The molecule has 3 nitrogen and oxygen atoms in total. The molecule has 0 saturated carbocycles. The molecule has 0 aliphatic heterocycles. The highest BCUT2D eigenvalue weighted by molar-refractivity contribution is 6.30. The molecule has 138 valence electrons. The molecule has 0 N–H and O–H groups in total. The topological polar surface area (TPSA) is 52.5 Å². The molecule has 3 aromatic carbocycles. The van der Waals surface area contributed by atoms with E-state index < -0.39 is 0 Å². The fraction of sp³-hybridized carbons (Fsp3) is 0.0400. The number of rotatable bonds is 4. The summed E-state index contributed by atoms with van der Waals surface area (Å²) in [6.07, 6.45) is 3.95. The van der Waals surface area contributed by atoms with Gasteiger partial charge >= 0.3 is 0 Å². The van der Waals surface area contributed by atoms with E-state index in [0.717, 1.165) is 27.6 Å². The van der Waals surface area contributed by atoms with E-state index in [1.165, 1.54) is 0 Å². The maximum absolute atomic E-state index is 9.72. The van der Waals surface area contributed by atoms with Crippen molar-refractivity contribution in [2.24, 2.45) is 0 Å². The quantitative estimate of drug-likeness (QED) is 0.383. The molecule has 0 bridgehead atoms. The molecule has 4 rings (SSSR count). The number of allylic oxidation sites excluding steroid dienone is 1. The summed E-state index contributed by atoms with van der Waals surface area (Å²) >= 11 is 6.00. The Bertz CT molecular complexity index is 1300. The van der Waals surface area contributed by atoms with Gasteiger partial charge in [0.15, 0.2) is 0 Å². The molecule has 0 spiro atoms. The Kier molecular flexibility index (Phi) is 5.16. The number of hydrogen-bond acceptors (Lipinski definition) is 2. The molecule has 4 aromatic rings. The van der Waals surface area contributed by atoms with Crippen LogP contribution in [0, 0.1) is 22.7 Å². The van der Waals surface area contributed by atoms with E-state index in [1.807, 2.05) is 48.5 Å². The zero-order valence-electron chi connectivity index (χ0n) is 15.5. The minimum atomic E-state index is 0.525. The van der Waals surface area contributed by atoms with Crippen LogP contribution in [0.4, 0.5) is 0 Å². The molecule has 0 amide bonds. The maximum atomic E-state index is 9.72. The van der Waals surface area contributed by atoms with Crippen LogP contribution in [0.25, 0.3) is 22.6 Å². The lowest BCUT2D eigenvalue weighted by Crippen LogP contribution is -1.97. The summed E-state index contributed by atoms with van der Waals surface area (Å²) in [4.78, 5) is 0. The van der Waals surface area contributed by atoms with Crippen LogP contribution in [-0.2, 0) is 6.54 Å². The van der Waals surface area contributed by atoms with E-state index in [2.05, 4.69) is 35.0 Å². The van der Waals surface area contributed by atoms with E-state index in [9.17, 15) is 5.26 Å². The zero-order valence-corrected chi connectivity index (χ0v) is 16.3. The fourth-order valence-electron chi connectivity index (χ4n) is 3.40. The van der Waals surface area contributed by atoms with Gasteiger partial charge in [0, 0.05) is 34.2 Å². The monoisotopic (exact) mass is 393 g/mol. The first-order valence-electron chi connectivity index (χ1n) is 9.12. The molecule has 0 unspecified atom stereocenters. The third kappa shape index (κ3) is 3.92. The van der Waals surface area contributed by atoms with Crippen LogP contribution in [0.2, 0.25) is 5.02 Å². The van der Waals surface area contributed by atoms with Gasteiger partial charge in [-0.1, -0.05) is 54.1 Å². The Morgan fingerprint density at radius 1 is 0.966 bits per heavy atom. The maximum Gasteiger partial charge on any atom is 0.0998 e. The molecule has 0 saturated heterocycles. The van der Waals surface area contributed by atoms with Crippen molar-refractivity contribution in [2.75, 3.05) is 0 Å². The van der Waals surface area contributed by atoms with Crippen molar-refractivity contribution in [3.05, 3.63) is 106 Å². The lowest BCUT2D eigenvalue weighted by molar-refractivity contribution is 0.836. The highest BCUT2D eigenvalue weighted by Crippen LogP contribution is 2.27. The highest BCUT2D eigenvalue weighted by atomic mass is 35.5. The van der Waals surface area contributed by atoms with Gasteiger partial charge in [0.05, 0.1) is 23.3 Å². The van der Waals surface area contributed by atoms with Crippen molar-refractivity contribution in [3.8, 4) is 12.1 Å². The molecule has 0 atom stereocenters. The molecule has 1 heterocycles. The van der Waals surface area contributed by atoms with Crippen LogP contribution >= 0.6 is 11.6 Å². The van der Waals surface area contributed by atoms with Crippen molar-refractivity contribution < 1.29 is 0 Å². The summed E-state index contributed by atoms with van der Waals surface area (Å²) in [6.45, 7) is 0.706. The molecule has 29 heavy (non-hydrogen) atoms. The van der Waals surface area contributed by atoms with Crippen molar-refractivity contribution in [2.45, 2.75) is 6.54 Å². The zero-order chi connectivity index (χ0) is 20.2. The summed E-state index contributed by atoms with van der Waals surface area (Å²) in [6, 6.07) is 27.5. The number of halogens is 1. The summed E-state index contributed by atoms with van der Waals surface area (Å²) < 4.78 is 2.17. The first-order valence-corrected chi connectivity index (χ1v) is 9.50. The predicted molar refractivity (Wildman–Crippen MR) is 117 cm³/mol. The summed E-state index contributed by atoms with van der Waals surface area (Å²) in [5.41, 5.74) is 5.00. The van der Waals surface area contributed by atoms with Crippen LogP contribution < -0.4 is 0 Å². The normalized spacial score (nSPS) is 11.2. The molecule has 0 fully saturated rings. The van der Waals surface area contributed by atoms with Crippen molar-refractivity contribution >= 4 is 34.2 Å². The molecule has 0 aliphatic carbocycles. The average Bonchev–Trinajstić information content (AvgIpc) is 3.11. The Balaban J connectivity index is 1.79. The molecule has 0 aliphatic rings. The highest BCUT2D eigenvalue weighted by Gasteiger charge is 2.10. The summed E-state index contributed by atoms with van der Waals surface area (Å²) in [5.74, 6) is 0. The van der Waals surface area contributed by atoms with E-state index >= 15 is 0 Å². The Hall–Kier alpha value is -3.79. The van der Waals surface area contributed by atoms with Crippen LogP contribution in [0.15, 0.2) is 79.0 Å². The van der Waals surface area contributed by atoms with Gasteiger partial charge in [0.1, 0.15) is 0 Å². The Labute approximate surface area is 174 Å². The lowest BCUT2D eigenvalue weighted by atomic mass is 10.0. The van der Waals surface area contributed by atoms with Gasteiger partial charge < -0.3 is 4.57 Å². The van der Waals surface area contributed by atoms with Crippen LogP contribution in [0.5, 0.6) is 0 Å². The Morgan fingerprint density at radius 3 is 2.52 bits per heavy atom. The van der Waals surface area contributed by atoms with Crippen molar-refractivity contribution in [1.29, 1.82) is 10.5 Å². The third-order valence-electron chi connectivity index (χ3n) is 4.81. The minimum absolute atomic E-state index is 0.525. The number of para-hydroxylation sites is 1. The second kappa shape index (κ2) is 8.07. The van der Waals surface area contributed by atoms with E-state index in [4.69, 9.17) is 16.9 Å². The average molecular weight is 394 g/mol. The number of nitriles is 2. The summed E-state index contributed by atoms with van der Waals surface area (Å²) in [5, 5.41) is 20.7. The van der Waals surface area contributed by atoms with Gasteiger partial charge in [-0.05, 0) is 47.5 Å². The van der Waals surface area contributed by atoms with Crippen LogP contribution in [0.3, 0.4) is 0 Å². The summed E-state index contributed by atoms with van der Waals surface area (Å²) in [7, 11) is 0. The first kappa shape index (κ1) is 18.6. The van der Waals surface area contributed by atoms with Crippen molar-refractivity contribution in [3.63, 3.8) is 0 Å². The van der Waals surface area contributed by atoms with Crippen LogP contribution in [0.1, 0.15) is 22.3 Å². The SMILES string of the molecule is N#CC(=Cc1cn(Cc2ccc(Cl)cc2)c2ccccc12)c1cccc(C#N)c1. The second-order valence-electron chi connectivity index (χ2n) is 6.72. The molecule has 4 heteroatoms. The molecular formula is C25H16ClN3. The van der Waals surface area contributed by atoms with Crippen molar-refractivity contribution in [1.82, 2.24) is 4.57 Å². The smallest absolute Gasteiger partial charge is 0.0998 e. The third-order valence-corrected chi connectivity index (χ3v) is 5.06. The van der Waals surface area contributed by atoms with Gasteiger partial charge in [-0.3, -0.25) is 0 Å². The number of aromatic nitrogens is 1.